The highest BCUT2D eigenvalue weighted by Gasteiger charge is 2.20. The molecule has 24 heavy (non-hydrogen) atoms. The summed E-state index contributed by atoms with van der Waals surface area (Å²) in [5.41, 5.74) is 1.91. The van der Waals surface area contributed by atoms with Crippen LogP contribution in [0.25, 0.3) is 0 Å². The molecule has 0 amide bonds. The molecule has 5 heteroatoms. The molecule has 2 aromatic heterocycles. The highest BCUT2D eigenvalue weighted by atomic mass is 16.5. The molecule has 0 spiro atoms. The van der Waals surface area contributed by atoms with Crippen molar-refractivity contribution >= 4 is 0 Å². The van der Waals surface area contributed by atoms with Crippen molar-refractivity contribution in [1.29, 1.82) is 0 Å². The predicted molar refractivity (Wildman–Crippen MR) is 89.2 cm³/mol. The molecular formula is C19H19NO4. The van der Waals surface area contributed by atoms with Gasteiger partial charge in [0.2, 0.25) is 0 Å². The minimum Gasteiger partial charge on any atom is -0.493 e. The highest BCUT2D eigenvalue weighted by Crippen LogP contribution is 2.30. The lowest BCUT2D eigenvalue weighted by atomic mass is 10.1. The average molecular weight is 325 g/mol. The largest absolute Gasteiger partial charge is 0.493 e. The molecule has 0 N–H and O–H groups in total. The summed E-state index contributed by atoms with van der Waals surface area (Å²) in [5.74, 6) is 2.58. The summed E-state index contributed by atoms with van der Waals surface area (Å²) in [7, 11) is 1.61. The van der Waals surface area contributed by atoms with Crippen molar-refractivity contribution in [3.05, 3.63) is 78.0 Å². The molecular weight excluding hydrogens is 306 g/mol. The van der Waals surface area contributed by atoms with Crippen LogP contribution in [0.5, 0.6) is 11.6 Å². The van der Waals surface area contributed by atoms with Crippen LogP contribution in [0.2, 0.25) is 0 Å². The molecule has 5 nitrogen and oxygen atoms in total. The first-order valence-electron chi connectivity index (χ1n) is 7.67. The Kier molecular flexibility index (Phi) is 5.01. The zero-order valence-corrected chi connectivity index (χ0v) is 13.5. The maximum atomic E-state index is 5.85. The van der Waals surface area contributed by atoms with Crippen molar-refractivity contribution in [3.8, 4) is 11.6 Å². The van der Waals surface area contributed by atoms with E-state index in [9.17, 15) is 0 Å². The Bertz CT molecular complexity index is 789. The lowest BCUT2D eigenvalue weighted by molar-refractivity contribution is 0.265. The minimum atomic E-state index is 0.420. The fourth-order valence-corrected chi connectivity index (χ4v) is 2.43. The third kappa shape index (κ3) is 3.51. The molecule has 3 aromatic rings. The summed E-state index contributed by atoms with van der Waals surface area (Å²) in [4.78, 5) is 0. The summed E-state index contributed by atoms with van der Waals surface area (Å²) < 4.78 is 22.1. The second kappa shape index (κ2) is 7.55. The smallest absolute Gasteiger partial charge is 0.258 e. The SMILES string of the molecule is C=CCc1onc(OCc2ccccc2)c1Cc1occc1OC. The van der Waals surface area contributed by atoms with Gasteiger partial charge in [0.15, 0.2) is 5.75 Å². The van der Waals surface area contributed by atoms with E-state index in [1.165, 1.54) is 0 Å². The highest BCUT2D eigenvalue weighted by molar-refractivity contribution is 5.37. The molecule has 0 fully saturated rings. The first kappa shape index (κ1) is 15.9. The molecule has 2 heterocycles. The van der Waals surface area contributed by atoms with E-state index in [1.54, 1.807) is 25.5 Å². The number of rotatable bonds is 8. The van der Waals surface area contributed by atoms with Gasteiger partial charge in [-0.05, 0) is 10.7 Å². The van der Waals surface area contributed by atoms with Gasteiger partial charge in [0.25, 0.3) is 5.88 Å². The third-order valence-corrected chi connectivity index (χ3v) is 3.64. The molecule has 0 bridgehead atoms. The van der Waals surface area contributed by atoms with Gasteiger partial charge >= 0.3 is 0 Å². The predicted octanol–water partition coefficient (Wildman–Crippen LogP) is 4.17. The van der Waals surface area contributed by atoms with Crippen molar-refractivity contribution in [2.24, 2.45) is 0 Å². The number of methoxy groups -OCH3 is 1. The van der Waals surface area contributed by atoms with Gasteiger partial charge in [0.05, 0.1) is 18.9 Å². The van der Waals surface area contributed by atoms with E-state index in [0.29, 0.717) is 42.6 Å². The van der Waals surface area contributed by atoms with Crippen molar-refractivity contribution in [1.82, 2.24) is 5.16 Å². The van der Waals surface area contributed by atoms with Gasteiger partial charge in [-0.15, -0.1) is 6.58 Å². The van der Waals surface area contributed by atoms with E-state index >= 15 is 0 Å². The van der Waals surface area contributed by atoms with E-state index in [-0.39, 0.29) is 0 Å². The zero-order chi connectivity index (χ0) is 16.8. The van der Waals surface area contributed by atoms with Gasteiger partial charge in [0, 0.05) is 18.9 Å². The fourth-order valence-electron chi connectivity index (χ4n) is 2.43. The van der Waals surface area contributed by atoms with Crippen LogP contribution in [-0.2, 0) is 19.4 Å². The molecule has 0 aliphatic heterocycles. The van der Waals surface area contributed by atoms with Gasteiger partial charge in [-0.2, -0.15) is 0 Å². The van der Waals surface area contributed by atoms with Crippen LogP contribution in [-0.4, -0.2) is 12.3 Å². The molecule has 1 aromatic carbocycles. The number of hydrogen-bond donors (Lipinski definition) is 0. The fraction of sp³-hybridized carbons (Fsp3) is 0.211. The van der Waals surface area contributed by atoms with Crippen molar-refractivity contribution in [2.45, 2.75) is 19.4 Å². The number of nitrogens with zero attached hydrogens (tertiary/aromatic N) is 1. The summed E-state index contributed by atoms with van der Waals surface area (Å²) in [6.07, 6.45) is 4.41. The summed E-state index contributed by atoms with van der Waals surface area (Å²) in [6.45, 7) is 4.17. The van der Waals surface area contributed by atoms with Crippen LogP contribution in [0.15, 0.2) is 64.3 Å². The van der Waals surface area contributed by atoms with E-state index in [2.05, 4.69) is 11.7 Å². The lowest BCUT2D eigenvalue weighted by Crippen LogP contribution is -2.00. The van der Waals surface area contributed by atoms with Crippen LogP contribution in [0.4, 0.5) is 0 Å². The molecule has 0 radical (unpaired) electrons. The van der Waals surface area contributed by atoms with E-state index in [4.69, 9.17) is 18.4 Å². The quantitative estimate of drug-likeness (QED) is 0.582. The van der Waals surface area contributed by atoms with E-state index in [1.807, 2.05) is 30.3 Å². The summed E-state index contributed by atoms with van der Waals surface area (Å²) in [5, 5.41) is 4.06. The monoisotopic (exact) mass is 325 g/mol. The van der Waals surface area contributed by atoms with Gasteiger partial charge in [0.1, 0.15) is 18.1 Å². The van der Waals surface area contributed by atoms with Crippen LogP contribution >= 0.6 is 0 Å². The molecule has 3 rings (SSSR count). The molecule has 124 valence electrons. The van der Waals surface area contributed by atoms with Crippen LogP contribution < -0.4 is 9.47 Å². The lowest BCUT2D eigenvalue weighted by Gasteiger charge is -2.06. The van der Waals surface area contributed by atoms with E-state index < -0.39 is 0 Å². The number of benzene rings is 1. The van der Waals surface area contributed by atoms with Crippen LogP contribution in [0.3, 0.4) is 0 Å². The first-order chi connectivity index (χ1) is 11.8. The number of aromatic nitrogens is 1. The molecule has 0 aliphatic carbocycles. The minimum absolute atomic E-state index is 0.420. The van der Waals surface area contributed by atoms with Crippen molar-refractivity contribution in [2.75, 3.05) is 7.11 Å². The second-order valence-corrected chi connectivity index (χ2v) is 5.25. The third-order valence-electron chi connectivity index (χ3n) is 3.64. The topological polar surface area (TPSA) is 57.6 Å². The summed E-state index contributed by atoms with van der Waals surface area (Å²) in [6, 6.07) is 11.7. The van der Waals surface area contributed by atoms with Gasteiger partial charge in [-0.25, -0.2) is 0 Å². The Balaban J connectivity index is 1.82. The Labute approximate surface area is 140 Å². The van der Waals surface area contributed by atoms with Crippen LogP contribution in [0, 0.1) is 0 Å². The van der Waals surface area contributed by atoms with E-state index in [0.717, 1.165) is 11.1 Å². The molecule has 0 saturated heterocycles. The van der Waals surface area contributed by atoms with Crippen molar-refractivity contribution in [3.63, 3.8) is 0 Å². The number of allylic oxidation sites excluding steroid dienone is 1. The van der Waals surface area contributed by atoms with Crippen LogP contribution in [0.1, 0.15) is 22.6 Å². The molecule has 0 unspecified atom stereocenters. The summed E-state index contributed by atoms with van der Waals surface area (Å²) >= 11 is 0. The Morgan fingerprint density at radius 2 is 2.00 bits per heavy atom. The standard InChI is InChI=1S/C19H19NO4/c1-3-7-16-15(12-18-17(21-2)10-11-22-18)19(20-24-16)23-13-14-8-5-4-6-9-14/h3-6,8-11H,1,7,12-13H2,2H3. The first-order valence-corrected chi connectivity index (χ1v) is 7.67. The number of hydrogen-bond acceptors (Lipinski definition) is 5. The average Bonchev–Trinajstić information content (AvgIpc) is 3.22. The van der Waals surface area contributed by atoms with Gasteiger partial charge in [-0.1, -0.05) is 36.4 Å². The maximum Gasteiger partial charge on any atom is 0.258 e. The number of furan rings is 1. The Morgan fingerprint density at radius 1 is 1.17 bits per heavy atom. The van der Waals surface area contributed by atoms with Crippen molar-refractivity contribution < 1.29 is 18.4 Å². The number of ether oxygens (including phenoxy) is 2. The Morgan fingerprint density at radius 3 is 2.75 bits per heavy atom. The zero-order valence-electron chi connectivity index (χ0n) is 13.5. The normalized spacial score (nSPS) is 10.5. The maximum absolute atomic E-state index is 5.85. The molecule has 0 saturated carbocycles. The van der Waals surface area contributed by atoms with Gasteiger partial charge < -0.3 is 18.4 Å². The molecule has 0 atom stereocenters. The Hall–Kier alpha value is -2.95. The molecule has 0 aliphatic rings. The second-order valence-electron chi connectivity index (χ2n) is 5.25. The van der Waals surface area contributed by atoms with Gasteiger partial charge in [-0.3, -0.25) is 0 Å².